The molecule has 0 spiro atoms. The Morgan fingerprint density at radius 2 is 0.310 bits per heavy atom. The Morgan fingerprint density at radius 3 is 0.662 bits per heavy atom. The molecule has 0 aliphatic rings. The van der Waals surface area contributed by atoms with Gasteiger partial charge in [0.25, 0.3) is 0 Å². The summed E-state index contributed by atoms with van der Waals surface area (Å²) in [7, 11) is 0. The van der Waals surface area contributed by atoms with Crippen LogP contribution in [0.1, 0.15) is 0 Å². The first-order valence-electron chi connectivity index (χ1n) is 49.9. The van der Waals surface area contributed by atoms with E-state index in [2.05, 4.69) is 516 Å². The minimum atomic E-state index is 0.913. The molecule has 0 N–H and O–H groups in total. The Bertz CT molecular complexity index is 10300. The highest BCUT2D eigenvalue weighted by molar-refractivity contribution is 6.30. The molecule has 674 valence electrons. The van der Waals surface area contributed by atoms with Crippen molar-refractivity contribution in [3.63, 3.8) is 0 Å². The minimum absolute atomic E-state index is 0.913. The highest BCUT2D eigenvalue weighted by Gasteiger charge is 2.27. The summed E-state index contributed by atoms with van der Waals surface area (Å²) in [6.07, 6.45) is 0. The summed E-state index contributed by atoms with van der Waals surface area (Å²) < 4.78 is 19.8. The molecule has 3 heteroatoms. The van der Waals surface area contributed by atoms with Gasteiger partial charge in [-0.05, 0) is 251 Å². The van der Waals surface area contributed by atoms with E-state index in [0.717, 1.165) is 82.5 Å². The second kappa shape index (κ2) is 35.1. The van der Waals surface area contributed by atoms with Crippen molar-refractivity contribution in [2.24, 2.45) is 0 Å². The van der Waals surface area contributed by atoms with Crippen LogP contribution >= 0.6 is 0 Å². The summed E-state index contributed by atoms with van der Waals surface area (Å²) in [6, 6.07) is 193. The van der Waals surface area contributed by atoms with E-state index in [4.69, 9.17) is 13.3 Å². The third-order valence-corrected chi connectivity index (χ3v) is 30.0. The molecule has 0 atom stereocenters. The molecule has 3 aromatic heterocycles. The number of hydrogen-bond acceptors (Lipinski definition) is 3. The van der Waals surface area contributed by atoms with Gasteiger partial charge in [0.1, 0.15) is 33.5 Å². The molecule has 0 fully saturated rings. The summed E-state index contributed by atoms with van der Waals surface area (Å²) in [5, 5.41) is 31.5. The third kappa shape index (κ3) is 14.3. The fourth-order valence-corrected chi connectivity index (χ4v) is 23.4. The quantitative estimate of drug-likeness (QED) is 0.121. The number of benzene rings is 27. The molecule has 0 unspecified atom stereocenters. The molecular weight excluding hydrogens is 1750 g/mol. The first-order chi connectivity index (χ1) is 71.9. The van der Waals surface area contributed by atoms with Crippen molar-refractivity contribution in [1.82, 2.24) is 0 Å². The smallest absolute Gasteiger partial charge is 0.143 e. The Balaban J connectivity index is 0.000000106. The van der Waals surface area contributed by atoms with E-state index in [1.165, 1.54) is 213 Å². The highest BCUT2D eigenvalue weighted by Crippen LogP contribution is 2.54. The monoisotopic (exact) mass is 1840 g/mol. The summed E-state index contributed by atoms with van der Waals surface area (Å²) in [4.78, 5) is 0. The summed E-state index contributed by atoms with van der Waals surface area (Å²) in [5.41, 5.74) is 32.2. The van der Waals surface area contributed by atoms with Crippen molar-refractivity contribution in [1.29, 1.82) is 0 Å². The van der Waals surface area contributed by atoms with E-state index in [1.807, 2.05) is 18.2 Å². The topological polar surface area (TPSA) is 39.4 Å². The second-order valence-electron chi connectivity index (χ2n) is 38.0. The Hall–Kier alpha value is -19.1. The lowest BCUT2D eigenvalue weighted by molar-refractivity contribution is 0.669. The molecule has 30 rings (SSSR count). The molecule has 0 saturated carbocycles. The van der Waals surface area contributed by atoms with Crippen LogP contribution in [0, 0.1) is 0 Å². The van der Waals surface area contributed by atoms with Crippen LogP contribution < -0.4 is 0 Å². The Morgan fingerprint density at radius 1 is 0.0966 bits per heavy atom. The molecule has 145 heavy (non-hydrogen) atoms. The molecule has 3 nitrogen and oxygen atoms in total. The first kappa shape index (κ1) is 84.0. The second-order valence-corrected chi connectivity index (χ2v) is 38.0. The molecule has 0 radical (unpaired) electrons. The van der Waals surface area contributed by atoms with E-state index in [-0.39, 0.29) is 0 Å². The molecule has 3 heterocycles. The van der Waals surface area contributed by atoms with Crippen LogP contribution in [-0.4, -0.2) is 0 Å². The Kier molecular flexibility index (Phi) is 20.3. The van der Waals surface area contributed by atoms with Crippen LogP contribution in [0.25, 0.3) is 296 Å². The first-order valence-corrected chi connectivity index (χ1v) is 49.9. The number of hydrogen-bond donors (Lipinski definition) is 0. The largest absolute Gasteiger partial charge is 0.455 e. The number of furan rings is 3. The van der Waals surface area contributed by atoms with E-state index in [0.29, 0.717) is 0 Å². The van der Waals surface area contributed by atoms with Gasteiger partial charge in [-0.15, -0.1) is 0 Å². The summed E-state index contributed by atoms with van der Waals surface area (Å²) in [5.74, 6) is 0. The maximum Gasteiger partial charge on any atom is 0.143 e. The summed E-state index contributed by atoms with van der Waals surface area (Å²) in [6.45, 7) is 0. The standard InChI is InChI=1S/2C48H30O.C46H28O/c1-2-13-31(14-3-1)33-16-10-17-34(29-33)35-28-27-32-15-11-23-41(44(32)30-35)46-37-19-4-6-21-39(37)47(40-22-7-5-20-38(40)46)43-25-12-24-42-36-18-8-9-26-45(36)49-48(42)43;1-2-13-31(14-3-1)32-15-10-16-33(29-32)34-27-28-36-35(30-34)17-11-23-38(36)46-39-19-4-6-21-41(39)47(42-22-7-5-20-40(42)46)44-25-12-24-43-37-18-8-9-26-45(37)49-48(43)44;1-2-12-31-27-32(25-23-29(31)11-1)33-26-24-30-13-9-19-39(42(30)28-33)44-35-15-3-5-17-37(35)45(38-18-6-4-16-36(38)44)41-21-10-20-40-34-14-7-8-22-43(34)47-46(40)41/h2*1-30H;1-28H. The highest BCUT2D eigenvalue weighted by atomic mass is 16.3. The average molecular weight is 1840 g/mol. The zero-order chi connectivity index (χ0) is 95.5. The van der Waals surface area contributed by atoms with Crippen molar-refractivity contribution < 1.29 is 13.3 Å². The molecule has 0 saturated heterocycles. The van der Waals surface area contributed by atoms with Gasteiger partial charge in [0.05, 0.1) is 0 Å². The van der Waals surface area contributed by atoms with Crippen molar-refractivity contribution >= 4 is 174 Å². The van der Waals surface area contributed by atoms with Crippen LogP contribution in [-0.2, 0) is 0 Å². The van der Waals surface area contributed by atoms with Crippen LogP contribution in [0.3, 0.4) is 0 Å². The lowest BCUT2D eigenvalue weighted by Crippen LogP contribution is -1.92. The van der Waals surface area contributed by atoms with Gasteiger partial charge in [0.2, 0.25) is 0 Å². The van der Waals surface area contributed by atoms with E-state index >= 15 is 0 Å². The van der Waals surface area contributed by atoms with Crippen molar-refractivity contribution in [2.45, 2.75) is 0 Å². The molecule has 0 aliphatic carbocycles. The number of para-hydroxylation sites is 6. The lowest BCUT2D eigenvalue weighted by Gasteiger charge is -2.19. The van der Waals surface area contributed by atoms with Gasteiger partial charge >= 0.3 is 0 Å². The van der Waals surface area contributed by atoms with Crippen molar-refractivity contribution in [3.05, 3.63) is 534 Å². The zero-order valence-corrected chi connectivity index (χ0v) is 79.0. The fraction of sp³-hybridized carbons (Fsp3) is 0. The minimum Gasteiger partial charge on any atom is -0.455 e. The third-order valence-electron chi connectivity index (χ3n) is 30.0. The molecule has 0 aliphatic heterocycles. The fourth-order valence-electron chi connectivity index (χ4n) is 23.4. The maximum absolute atomic E-state index is 6.60. The van der Waals surface area contributed by atoms with Gasteiger partial charge in [0, 0.05) is 65.7 Å². The van der Waals surface area contributed by atoms with Gasteiger partial charge in [-0.3, -0.25) is 0 Å². The number of rotatable bonds is 11. The van der Waals surface area contributed by atoms with E-state index < -0.39 is 0 Å². The van der Waals surface area contributed by atoms with Gasteiger partial charge in [-0.2, -0.15) is 0 Å². The van der Waals surface area contributed by atoms with Crippen LogP contribution in [0.2, 0.25) is 0 Å². The predicted molar refractivity (Wildman–Crippen MR) is 616 cm³/mol. The molecule has 30 aromatic rings. The normalized spacial score (nSPS) is 11.7. The van der Waals surface area contributed by atoms with Crippen LogP contribution in [0.4, 0.5) is 0 Å². The Labute approximate surface area is 836 Å². The van der Waals surface area contributed by atoms with Gasteiger partial charge in [-0.25, -0.2) is 0 Å². The van der Waals surface area contributed by atoms with Gasteiger partial charge in [0.15, 0.2) is 0 Å². The lowest BCUT2D eigenvalue weighted by atomic mass is 9.84. The van der Waals surface area contributed by atoms with Crippen LogP contribution in [0.5, 0.6) is 0 Å². The van der Waals surface area contributed by atoms with Gasteiger partial charge in [-0.1, -0.05) is 479 Å². The van der Waals surface area contributed by atoms with Crippen molar-refractivity contribution in [2.75, 3.05) is 0 Å². The average Bonchev–Trinajstić information content (AvgIpc) is 1.68. The van der Waals surface area contributed by atoms with Gasteiger partial charge < -0.3 is 13.3 Å². The SMILES string of the molecule is c1ccc(-c2cccc(-c3ccc4c(-c5c6ccccc6c(-c6cccc7c6oc6ccccc67)c6ccccc56)cccc4c3)c2)cc1.c1ccc(-c2cccc(-c3ccc4cccc(-c5c6ccccc6c(-c6cccc7c6oc6ccccc67)c6ccccc56)c4c3)c2)cc1.c1ccc2cc(-c3ccc4cccc(-c5c6ccccc6c(-c6cccc7c6oc6ccccc67)c6ccccc56)c4c3)ccc2c1. The van der Waals surface area contributed by atoms with E-state index in [9.17, 15) is 0 Å². The molecule has 0 bridgehead atoms. The molecular formula is C142H88O3. The zero-order valence-electron chi connectivity index (χ0n) is 79.0. The van der Waals surface area contributed by atoms with Crippen molar-refractivity contribution in [3.8, 4) is 122 Å². The summed E-state index contributed by atoms with van der Waals surface area (Å²) >= 11 is 0. The molecule has 0 amide bonds. The maximum atomic E-state index is 6.60. The van der Waals surface area contributed by atoms with Crippen LogP contribution in [0.15, 0.2) is 547 Å². The number of fused-ring (bicyclic) bond motifs is 19. The predicted octanol–water partition coefficient (Wildman–Crippen LogP) is 40.6. The molecule has 27 aromatic carbocycles. The van der Waals surface area contributed by atoms with E-state index in [1.54, 1.807) is 0 Å².